The van der Waals surface area contributed by atoms with Gasteiger partial charge in [-0.1, -0.05) is 11.6 Å². The molecule has 1 saturated heterocycles. The lowest BCUT2D eigenvalue weighted by atomic mass is 10.2. The highest BCUT2D eigenvalue weighted by Crippen LogP contribution is 2.25. The molecule has 160 valence electrons. The zero-order valence-electron chi connectivity index (χ0n) is 18.2. The highest BCUT2D eigenvalue weighted by molar-refractivity contribution is 6.30. The molecule has 30 heavy (non-hydrogen) atoms. The second-order valence-electron chi connectivity index (χ2n) is 7.82. The van der Waals surface area contributed by atoms with Crippen LogP contribution in [0.2, 0.25) is 5.15 Å². The molecule has 0 bridgehead atoms. The van der Waals surface area contributed by atoms with E-state index < -0.39 is 0 Å². The monoisotopic (exact) mass is 428 g/mol. The molecule has 0 aliphatic carbocycles. The maximum atomic E-state index is 6.44. The van der Waals surface area contributed by atoms with Crippen molar-refractivity contribution >= 4 is 28.5 Å². The van der Waals surface area contributed by atoms with E-state index in [2.05, 4.69) is 14.9 Å². The second-order valence-corrected chi connectivity index (χ2v) is 8.17. The summed E-state index contributed by atoms with van der Waals surface area (Å²) in [6, 6.07) is 6.03. The number of nitrogens with zero attached hydrogens (tertiary/aromatic N) is 6. The quantitative estimate of drug-likeness (QED) is 0.617. The number of benzene rings is 1. The number of hydrogen-bond donors (Lipinski definition) is 0. The van der Waals surface area contributed by atoms with Crippen molar-refractivity contribution in [3.63, 3.8) is 0 Å². The van der Waals surface area contributed by atoms with Gasteiger partial charge in [-0.05, 0) is 45.4 Å². The number of hydrogen-bond acceptors (Lipinski definition) is 6. The van der Waals surface area contributed by atoms with Crippen LogP contribution >= 0.6 is 11.6 Å². The van der Waals surface area contributed by atoms with E-state index in [9.17, 15) is 0 Å². The first-order valence-electron chi connectivity index (χ1n) is 10.5. The lowest BCUT2D eigenvalue weighted by molar-refractivity contribution is 0.285. The topological polar surface area (TPSA) is 59.3 Å². The fourth-order valence-corrected chi connectivity index (χ4v) is 4.28. The van der Waals surface area contributed by atoms with Crippen LogP contribution < -0.4 is 9.64 Å². The summed E-state index contributed by atoms with van der Waals surface area (Å²) in [4.78, 5) is 14.4. The molecule has 7 nitrogen and oxygen atoms in total. The molecular formula is C22H29ClN6O. The SMILES string of the molecule is CCOc1ccc2nc(N3CCCN(Cc4c(C)nn(C)c4Cl)CC3)nc(C)c2c1. The lowest BCUT2D eigenvalue weighted by Gasteiger charge is -2.22. The summed E-state index contributed by atoms with van der Waals surface area (Å²) in [5, 5.41) is 6.21. The molecule has 1 aromatic carbocycles. The fourth-order valence-electron chi connectivity index (χ4n) is 4.05. The summed E-state index contributed by atoms with van der Waals surface area (Å²) in [6.07, 6.45) is 1.06. The van der Waals surface area contributed by atoms with E-state index in [1.807, 2.05) is 46.0 Å². The minimum Gasteiger partial charge on any atom is -0.494 e. The molecule has 0 atom stereocenters. The summed E-state index contributed by atoms with van der Waals surface area (Å²) in [5.74, 6) is 1.67. The fraction of sp³-hybridized carbons (Fsp3) is 0.500. The zero-order chi connectivity index (χ0) is 21.3. The Labute approximate surface area is 182 Å². The van der Waals surface area contributed by atoms with Gasteiger partial charge in [0.25, 0.3) is 0 Å². The van der Waals surface area contributed by atoms with Crippen molar-refractivity contribution in [3.05, 3.63) is 40.3 Å². The van der Waals surface area contributed by atoms with Crippen LogP contribution in [-0.2, 0) is 13.6 Å². The lowest BCUT2D eigenvalue weighted by Crippen LogP contribution is -2.31. The number of aryl methyl sites for hydroxylation is 3. The molecule has 0 amide bonds. The van der Waals surface area contributed by atoms with Gasteiger partial charge in [0, 0.05) is 50.7 Å². The van der Waals surface area contributed by atoms with Crippen LogP contribution in [0.5, 0.6) is 5.75 Å². The Morgan fingerprint density at radius 2 is 1.90 bits per heavy atom. The van der Waals surface area contributed by atoms with E-state index in [0.717, 1.165) is 83.8 Å². The van der Waals surface area contributed by atoms with Gasteiger partial charge in [-0.2, -0.15) is 5.10 Å². The van der Waals surface area contributed by atoms with Gasteiger partial charge in [0.15, 0.2) is 0 Å². The van der Waals surface area contributed by atoms with Gasteiger partial charge in [0.05, 0.1) is 23.5 Å². The molecule has 0 unspecified atom stereocenters. The Morgan fingerprint density at radius 1 is 1.07 bits per heavy atom. The summed E-state index contributed by atoms with van der Waals surface area (Å²) in [5.41, 5.74) is 4.06. The number of rotatable bonds is 5. The molecule has 1 aliphatic heterocycles. The first-order chi connectivity index (χ1) is 14.5. The van der Waals surface area contributed by atoms with E-state index in [1.165, 1.54) is 0 Å². The molecule has 0 saturated carbocycles. The molecule has 1 aliphatic rings. The van der Waals surface area contributed by atoms with Gasteiger partial charge in [-0.25, -0.2) is 9.97 Å². The highest BCUT2D eigenvalue weighted by Gasteiger charge is 2.21. The molecule has 4 rings (SSSR count). The van der Waals surface area contributed by atoms with Crippen molar-refractivity contribution in [2.75, 3.05) is 37.7 Å². The second kappa shape index (κ2) is 8.78. The minimum atomic E-state index is 0.650. The Balaban J connectivity index is 1.50. The summed E-state index contributed by atoms with van der Waals surface area (Å²) >= 11 is 6.44. The van der Waals surface area contributed by atoms with E-state index >= 15 is 0 Å². The molecular weight excluding hydrogens is 400 g/mol. The van der Waals surface area contributed by atoms with Crippen molar-refractivity contribution in [1.82, 2.24) is 24.6 Å². The maximum Gasteiger partial charge on any atom is 0.226 e. The minimum absolute atomic E-state index is 0.650. The van der Waals surface area contributed by atoms with Crippen LogP contribution in [0.3, 0.4) is 0 Å². The summed E-state index contributed by atoms with van der Waals surface area (Å²) in [6.45, 7) is 11.3. The predicted molar refractivity (Wildman–Crippen MR) is 121 cm³/mol. The summed E-state index contributed by atoms with van der Waals surface area (Å²) in [7, 11) is 1.89. The third-order valence-corrected chi connectivity index (χ3v) is 6.15. The van der Waals surface area contributed by atoms with Gasteiger partial charge in [-0.15, -0.1) is 0 Å². The van der Waals surface area contributed by atoms with Gasteiger partial charge in [0.2, 0.25) is 5.95 Å². The highest BCUT2D eigenvalue weighted by atomic mass is 35.5. The van der Waals surface area contributed by atoms with Crippen molar-refractivity contribution in [1.29, 1.82) is 0 Å². The number of aromatic nitrogens is 4. The number of anilines is 1. The maximum absolute atomic E-state index is 6.44. The first-order valence-corrected chi connectivity index (χ1v) is 10.9. The number of ether oxygens (including phenoxy) is 1. The Hall–Kier alpha value is -2.38. The molecule has 3 heterocycles. The zero-order valence-corrected chi connectivity index (χ0v) is 18.9. The number of halogens is 1. The Kier molecular flexibility index (Phi) is 6.11. The van der Waals surface area contributed by atoms with Gasteiger partial charge in [0.1, 0.15) is 10.9 Å². The average Bonchev–Trinajstić information content (AvgIpc) is 2.90. The largest absolute Gasteiger partial charge is 0.494 e. The smallest absolute Gasteiger partial charge is 0.226 e. The van der Waals surface area contributed by atoms with Crippen LogP contribution in [0.1, 0.15) is 30.3 Å². The van der Waals surface area contributed by atoms with Gasteiger partial charge in [-0.3, -0.25) is 9.58 Å². The van der Waals surface area contributed by atoms with Gasteiger partial charge < -0.3 is 9.64 Å². The van der Waals surface area contributed by atoms with Crippen molar-refractivity contribution in [3.8, 4) is 5.75 Å². The normalized spacial score (nSPS) is 15.6. The van der Waals surface area contributed by atoms with Crippen molar-refractivity contribution in [2.24, 2.45) is 7.05 Å². The molecule has 0 N–H and O–H groups in total. The summed E-state index contributed by atoms with van der Waals surface area (Å²) < 4.78 is 7.37. The third kappa shape index (κ3) is 4.23. The molecule has 1 fully saturated rings. The Bertz CT molecular complexity index is 1050. The molecule has 8 heteroatoms. The molecule has 0 radical (unpaired) electrons. The number of fused-ring (bicyclic) bond motifs is 1. The van der Waals surface area contributed by atoms with E-state index in [4.69, 9.17) is 26.3 Å². The average molecular weight is 429 g/mol. The van der Waals surface area contributed by atoms with Crippen molar-refractivity contribution in [2.45, 2.75) is 33.7 Å². The Morgan fingerprint density at radius 3 is 2.63 bits per heavy atom. The molecule has 3 aromatic rings. The molecule has 0 spiro atoms. The van der Waals surface area contributed by atoms with Crippen LogP contribution in [-0.4, -0.2) is 57.4 Å². The van der Waals surface area contributed by atoms with Crippen LogP contribution in [0.4, 0.5) is 5.95 Å². The third-order valence-electron chi connectivity index (χ3n) is 5.68. The van der Waals surface area contributed by atoms with Crippen LogP contribution in [0, 0.1) is 13.8 Å². The van der Waals surface area contributed by atoms with E-state index in [-0.39, 0.29) is 0 Å². The van der Waals surface area contributed by atoms with E-state index in [0.29, 0.717) is 6.61 Å². The van der Waals surface area contributed by atoms with Crippen molar-refractivity contribution < 1.29 is 4.74 Å². The predicted octanol–water partition coefficient (Wildman–Crippen LogP) is 3.74. The van der Waals surface area contributed by atoms with Crippen LogP contribution in [0.25, 0.3) is 10.9 Å². The standard InChI is InChI=1S/C22H29ClN6O/c1-5-30-17-7-8-20-18(13-17)15(2)24-22(25-20)29-10-6-9-28(11-12-29)14-19-16(3)26-27(4)21(19)23/h7-8,13H,5-6,9-12,14H2,1-4H3. The first kappa shape index (κ1) is 20.9. The van der Waals surface area contributed by atoms with Crippen LogP contribution in [0.15, 0.2) is 18.2 Å². The van der Waals surface area contributed by atoms with E-state index in [1.54, 1.807) is 4.68 Å². The van der Waals surface area contributed by atoms with Gasteiger partial charge >= 0.3 is 0 Å². The molecule has 2 aromatic heterocycles.